The van der Waals surface area contributed by atoms with Crippen molar-refractivity contribution in [1.82, 2.24) is 9.91 Å². The Bertz CT molecular complexity index is 1840. The van der Waals surface area contributed by atoms with Crippen LogP contribution in [0.3, 0.4) is 0 Å². The highest BCUT2D eigenvalue weighted by atomic mass is 35.5. The van der Waals surface area contributed by atoms with Gasteiger partial charge in [0.05, 0.1) is 41.0 Å². The SMILES string of the molecule is CCCN1C(=O)[C@H]2[C@H](CC=C3[C@H]2C[C@H]2C(=O)N(Nc4ccc(Cl)cc4Cl)C(=O)[C@@]2(c2ccc(OC)cc2)[C@H]3c2cccc(O)c2)C1=O. The van der Waals surface area contributed by atoms with Crippen LogP contribution < -0.4 is 10.2 Å². The van der Waals surface area contributed by atoms with Gasteiger partial charge in [0.2, 0.25) is 11.8 Å². The molecule has 2 saturated heterocycles. The highest BCUT2D eigenvalue weighted by Gasteiger charge is 2.70. The van der Waals surface area contributed by atoms with Gasteiger partial charge >= 0.3 is 0 Å². The van der Waals surface area contributed by atoms with E-state index in [2.05, 4.69) is 5.43 Å². The van der Waals surface area contributed by atoms with Crippen molar-refractivity contribution in [3.8, 4) is 11.5 Å². The van der Waals surface area contributed by atoms with Gasteiger partial charge in [-0.1, -0.05) is 66.0 Å². The van der Waals surface area contributed by atoms with Crippen molar-refractivity contribution in [3.05, 3.63) is 99.6 Å². The van der Waals surface area contributed by atoms with Crippen LogP contribution in [-0.2, 0) is 24.6 Å². The minimum absolute atomic E-state index is 0.00119. The molecular formula is C36H33Cl2N3O6. The molecule has 1 saturated carbocycles. The molecule has 0 radical (unpaired) electrons. The average molecular weight is 675 g/mol. The number of phenols is 1. The van der Waals surface area contributed by atoms with E-state index < -0.39 is 46.8 Å². The van der Waals surface area contributed by atoms with Crippen molar-refractivity contribution in [2.24, 2.45) is 23.7 Å². The van der Waals surface area contributed by atoms with Crippen LogP contribution in [0, 0.1) is 23.7 Å². The first-order chi connectivity index (χ1) is 22.6. The van der Waals surface area contributed by atoms with Gasteiger partial charge in [-0.15, -0.1) is 0 Å². The lowest BCUT2D eigenvalue weighted by Gasteiger charge is -2.50. The first kappa shape index (κ1) is 31.3. The maximum Gasteiger partial charge on any atom is 0.260 e. The Hall–Kier alpha value is -4.34. The molecule has 0 bridgehead atoms. The Kier molecular flexibility index (Phi) is 7.80. The maximum absolute atomic E-state index is 15.2. The van der Waals surface area contributed by atoms with Gasteiger partial charge in [0.25, 0.3) is 11.8 Å². The number of allylic oxidation sites excluding steroid dienone is 2. The van der Waals surface area contributed by atoms with Crippen LogP contribution >= 0.6 is 23.2 Å². The lowest BCUT2D eigenvalue weighted by molar-refractivity contribution is -0.141. The Balaban J connectivity index is 1.45. The molecule has 2 aliphatic heterocycles. The highest BCUT2D eigenvalue weighted by molar-refractivity contribution is 6.36. The van der Waals surface area contributed by atoms with Gasteiger partial charge in [-0.05, 0) is 78.8 Å². The number of benzene rings is 3. The van der Waals surface area contributed by atoms with Crippen molar-refractivity contribution in [1.29, 1.82) is 0 Å². The number of hydrogen-bond acceptors (Lipinski definition) is 7. The average Bonchev–Trinajstić information content (AvgIpc) is 3.43. The van der Waals surface area contributed by atoms with Crippen molar-refractivity contribution in [2.75, 3.05) is 19.1 Å². The first-order valence-electron chi connectivity index (χ1n) is 15.7. The second-order valence-electron chi connectivity index (χ2n) is 12.6. The van der Waals surface area contributed by atoms with Crippen LogP contribution in [0.25, 0.3) is 0 Å². The number of likely N-dealkylation sites (tertiary alicyclic amines) is 1. The summed E-state index contributed by atoms with van der Waals surface area (Å²) in [5.41, 5.74) is 3.84. The smallest absolute Gasteiger partial charge is 0.260 e. The fraction of sp³-hybridized carbons (Fsp3) is 0.333. The number of anilines is 1. The molecule has 2 N–H and O–H groups in total. The van der Waals surface area contributed by atoms with Gasteiger partial charge in [-0.2, -0.15) is 5.01 Å². The van der Waals surface area contributed by atoms with Gasteiger partial charge < -0.3 is 9.84 Å². The third-order valence-electron chi connectivity index (χ3n) is 10.3. The predicted octanol–water partition coefficient (Wildman–Crippen LogP) is 6.10. The molecule has 3 fully saturated rings. The third kappa shape index (κ3) is 4.65. The summed E-state index contributed by atoms with van der Waals surface area (Å²) in [6.07, 6.45) is 3.14. The third-order valence-corrected chi connectivity index (χ3v) is 10.9. The van der Waals surface area contributed by atoms with E-state index in [1.807, 2.05) is 19.1 Å². The minimum Gasteiger partial charge on any atom is -0.508 e. The summed E-state index contributed by atoms with van der Waals surface area (Å²) in [5, 5.41) is 12.3. The quantitative estimate of drug-likeness (QED) is 0.230. The van der Waals surface area contributed by atoms with Gasteiger partial charge in [-0.3, -0.25) is 29.5 Å². The van der Waals surface area contributed by atoms with E-state index in [0.29, 0.717) is 47.0 Å². The van der Waals surface area contributed by atoms with E-state index in [9.17, 15) is 19.5 Å². The highest BCUT2D eigenvalue weighted by Crippen LogP contribution is 2.64. The van der Waals surface area contributed by atoms with Gasteiger partial charge in [-0.25, -0.2) is 0 Å². The molecular weight excluding hydrogens is 641 g/mol. The molecule has 3 aromatic rings. The summed E-state index contributed by atoms with van der Waals surface area (Å²) in [7, 11) is 1.55. The monoisotopic (exact) mass is 673 g/mol. The van der Waals surface area contributed by atoms with Crippen molar-refractivity contribution in [3.63, 3.8) is 0 Å². The Labute approximate surface area is 282 Å². The van der Waals surface area contributed by atoms with E-state index in [1.165, 1.54) is 11.0 Å². The predicted molar refractivity (Wildman–Crippen MR) is 176 cm³/mol. The van der Waals surface area contributed by atoms with E-state index in [-0.39, 0.29) is 29.0 Å². The first-order valence-corrected chi connectivity index (χ1v) is 16.5. The molecule has 47 heavy (non-hydrogen) atoms. The molecule has 9 nitrogen and oxygen atoms in total. The molecule has 242 valence electrons. The van der Waals surface area contributed by atoms with Gasteiger partial charge in [0, 0.05) is 17.5 Å². The second-order valence-corrected chi connectivity index (χ2v) is 13.5. The number of carbonyl (C=O) groups is 4. The Morgan fingerprint density at radius 3 is 2.40 bits per heavy atom. The van der Waals surface area contributed by atoms with Gasteiger partial charge in [0.15, 0.2) is 0 Å². The maximum atomic E-state index is 15.2. The summed E-state index contributed by atoms with van der Waals surface area (Å²) in [6.45, 7) is 2.25. The number of methoxy groups -OCH3 is 1. The number of nitrogens with one attached hydrogen (secondary N) is 1. The largest absolute Gasteiger partial charge is 0.508 e. The minimum atomic E-state index is -1.48. The van der Waals surface area contributed by atoms with E-state index >= 15 is 4.79 Å². The number of ether oxygens (including phenoxy) is 1. The van der Waals surface area contributed by atoms with E-state index in [0.717, 1.165) is 10.6 Å². The number of halogens is 2. The lowest BCUT2D eigenvalue weighted by Crippen LogP contribution is -2.53. The molecule has 0 aromatic heterocycles. The molecule has 2 aliphatic carbocycles. The molecule has 3 aromatic carbocycles. The zero-order valence-corrected chi connectivity index (χ0v) is 27.3. The summed E-state index contributed by atoms with van der Waals surface area (Å²) in [6, 6.07) is 18.5. The van der Waals surface area contributed by atoms with Crippen LogP contribution in [0.5, 0.6) is 11.5 Å². The number of carbonyl (C=O) groups excluding carboxylic acids is 4. The molecule has 4 amide bonds. The topological polar surface area (TPSA) is 116 Å². The van der Waals surface area contributed by atoms with Crippen LogP contribution in [0.2, 0.25) is 10.0 Å². The second kappa shape index (κ2) is 11.7. The van der Waals surface area contributed by atoms with Crippen LogP contribution in [0.15, 0.2) is 78.4 Å². The van der Waals surface area contributed by atoms with Crippen molar-refractivity contribution < 1.29 is 29.0 Å². The lowest BCUT2D eigenvalue weighted by atomic mass is 9.49. The molecule has 0 spiro atoms. The number of nitrogens with zero attached hydrogens (tertiary/aromatic N) is 2. The number of fused-ring (bicyclic) bond motifs is 4. The summed E-state index contributed by atoms with van der Waals surface area (Å²) in [4.78, 5) is 58.6. The summed E-state index contributed by atoms with van der Waals surface area (Å²) >= 11 is 12.6. The zero-order valence-electron chi connectivity index (χ0n) is 25.8. The summed E-state index contributed by atoms with van der Waals surface area (Å²) < 4.78 is 5.43. The molecule has 6 atom stereocenters. The summed E-state index contributed by atoms with van der Waals surface area (Å²) in [5.74, 6) is -4.17. The molecule has 4 aliphatic rings. The number of phenolic OH excluding ortho intramolecular Hbond substituents is 1. The molecule has 2 heterocycles. The standard InChI is InChI=1S/C36H33Cl2N3O6/c1-3-15-40-32(43)25-13-12-24-26(30(25)34(40)45)18-27-33(44)41(39-29-14-9-21(37)17-28(29)38)35(46)36(27,20-7-10-23(47-2)11-8-20)31(24)19-5-4-6-22(42)16-19/h4-12,14,16-17,25-27,30-31,39,42H,3,13,15,18H2,1-2H3/t25-,26+,27-,30-,31-,36+/m0/s1. The molecule has 0 unspecified atom stereocenters. The van der Waals surface area contributed by atoms with Crippen LogP contribution in [-0.4, -0.2) is 52.3 Å². The van der Waals surface area contributed by atoms with Crippen LogP contribution in [0.4, 0.5) is 5.69 Å². The molecule has 11 heteroatoms. The number of amides is 4. The number of hydrogen-bond donors (Lipinski definition) is 2. The number of imide groups is 2. The fourth-order valence-electron chi connectivity index (χ4n) is 8.43. The van der Waals surface area contributed by atoms with Gasteiger partial charge in [0.1, 0.15) is 11.5 Å². The van der Waals surface area contributed by atoms with Crippen molar-refractivity contribution >= 4 is 52.5 Å². The number of rotatable bonds is 7. The Morgan fingerprint density at radius 2 is 1.72 bits per heavy atom. The van der Waals surface area contributed by atoms with E-state index in [4.69, 9.17) is 27.9 Å². The zero-order chi connectivity index (χ0) is 33.2. The van der Waals surface area contributed by atoms with Crippen LogP contribution in [0.1, 0.15) is 43.2 Å². The molecule has 7 rings (SSSR count). The van der Waals surface area contributed by atoms with Crippen molar-refractivity contribution in [2.45, 2.75) is 37.5 Å². The Morgan fingerprint density at radius 1 is 0.957 bits per heavy atom. The number of hydrazine groups is 1. The normalized spacial score (nSPS) is 28.2. The van der Waals surface area contributed by atoms with E-state index in [1.54, 1.807) is 61.7 Å². The number of aromatic hydroxyl groups is 1. The fourth-order valence-corrected chi connectivity index (χ4v) is 8.88.